The Morgan fingerprint density at radius 2 is 1.86 bits per heavy atom. The number of ether oxygens (including phenoxy) is 3. The Kier molecular flexibility index (Phi) is 6.44. The molecule has 0 saturated carbocycles. The molecule has 22 heavy (non-hydrogen) atoms. The zero-order chi connectivity index (χ0) is 16.7. The minimum Gasteiger partial charge on any atom is -0.491 e. The van der Waals surface area contributed by atoms with Crippen LogP contribution in [0.2, 0.25) is 0 Å². The van der Waals surface area contributed by atoms with Crippen molar-refractivity contribution in [2.45, 2.75) is 26.9 Å². The predicted octanol–water partition coefficient (Wildman–Crippen LogP) is 2.42. The molecule has 0 saturated heterocycles. The van der Waals surface area contributed by atoms with Gasteiger partial charge in [0.05, 0.1) is 26.4 Å². The first-order chi connectivity index (χ1) is 10.4. The number of hydrogen-bond donors (Lipinski definition) is 1. The summed E-state index contributed by atoms with van der Waals surface area (Å²) < 4.78 is 14.8. The molecule has 0 atom stereocenters. The standard InChI is InChI=1S/C16H21NO5/c1-10(2)22-12-7-6-11(3)13(8-12)17-14(16(19)21-5)9-15(18)20-4/h6-10,17H,1-5H3/b14-9+. The lowest BCUT2D eigenvalue weighted by Gasteiger charge is -2.15. The molecule has 6 heteroatoms. The van der Waals surface area contributed by atoms with E-state index < -0.39 is 11.9 Å². The summed E-state index contributed by atoms with van der Waals surface area (Å²) in [5, 5.41) is 2.88. The molecule has 0 unspecified atom stereocenters. The lowest BCUT2D eigenvalue weighted by Crippen LogP contribution is -2.16. The third kappa shape index (κ3) is 5.12. The van der Waals surface area contributed by atoms with E-state index in [1.807, 2.05) is 32.9 Å². The fraction of sp³-hybridized carbons (Fsp3) is 0.375. The Bertz CT molecular complexity index is 578. The van der Waals surface area contributed by atoms with Crippen molar-refractivity contribution in [2.75, 3.05) is 19.5 Å². The van der Waals surface area contributed by atoms with Crippen LogP contribution in [0.4, 0.5) is 5.69 Å². The Hall–Kier alpha value is -2.50. The molecule has 0 aliphatic rings. The molecule has 1 N–H and O–H groups in total. The van der Waals surface area contributed by atoms with Crippen LogP contribution < -0.4 is 10.1 Å². The van der Waals surface area contributed by atoms with Crippen molar-refractivity contribution in [2.24, 2.45) is 0 Å². The van der Waals surface area contributed by atoms with Crippen molar-refractivity contribution in [3.63, 3.8) is 0 Å². The fourth-order valence-electron chi connectivity index (χ4n) is 1.66. The van der Waals surface area contributed by atoms with Gasteiger partial charge in [0, 0.05) is 11.8 Å². The second-order valence-electron chi connectivity index (χ2n) is 4.84. The van der Waals surface area contributed by atoms with E-state index in [2.05, 4.69) is 14.8 Å². The van der Waals surface area contributed by atoms with Crippen LogP contribution in [0, 0.1) is 6.92 Å². The van der Waals surface area contributed by atoms with Crippen molar-refractivity contribution in [1.82, 2.24) is 0 Å². The molecule has 1 aromatic carbocycles. The Balaban J connectivity index is 3.09. The van der Waals surface area contributed by atoms with Gasteiger partial charge in [-0.2, -0.15) is 0 Å². The average Bonchev–Trinajstić information content (AvgIpc) is 2.48. The zero-order valence-corrected chi connectivity index (χ0v) is 13.4. The maximum atomic E-state index is 11.7. The first-order valence-corrected chi connectivity index (χ1v) is 6.79. The van der Waals surface area contributed by atoms with Crippen molar-refractivity contribution in [1.29, 1.82) is 0 Å². The van der Waals surface area contributed by atoms with Gasteiger partial charge in [-0.25, -0.2) is 9.59 Å². The lowest BCUT2D eigenvalue weighted by molar-refractivity contribution is -0.138. The van der Waals surface area contributed by atoms with Crippen molar-refractivity contribution < 1.29 is 23.8 Å². The SMILES string of the molecule is COC(=O)/C=C(/Nc1cc(OC(C)C)ccc1C)C(=O)OC. The van der Waals surface area contributed by atoms with E-state index in [-0.39, 0.29) is 11.8 Å². The molecule has 0 aliphatic carbocycles. The lowest BCUT2D eigenvalue weighted by atomic mass is 10.2. The van der Waals surface area contributed by atoms with Gasteiger partial charge in [0.25, 0.3) is 0 Å². The second-order valence-corrected chi connectivity index (χ2v) is 4.84. The number of hydrogen-bond acceptors (Lipinski definition) is 6. The topological polar surface area (TPSA) is 73.9 Å². The van der Waals surface area contributed by atoms with E-state index in [0.29, 0.717) is 11.4 Å². The van der Waals surface area contributed by atoms with E-state index in [1.54, 1.807) is 6.07 Å². The zero-order valence-electron chi connectivity index (χ0n) is 13.4. The number of benzene rings is 1. The van der Waals surface area contributed by atoms with Gasteiger partial charge in [-0.3, -0.25) is 0 Å². The molecular formula is C16H21NO5. The highest BCUT2D eigenvalue weighted by Gasteiger charge is 2.14. The Morgan fingerprint density at radius 3 is 2.41 bits per heavy atom. The van der Waals surface area contributed by atoms with Gasteiger partial charge in [-0.05, 0) is 32.4 Å². The van der Waals surface area contributed by atoms with Gasteiger partial charge in [-0.1, -0.05) is 6.07 Å². The molecule has 120 valence electrons. The number of aryl methyl sites for hydroxylation is 1. The Morgan fingerprint density at radius 1 is 1.18 bits per heavy atom. The summed E-state index contributed by atoms with van der Waals surface area (Å²) in [6, 6.07) is 5.44. The van der Waals surface area contributed by atoms with Gasteiger partial charge in [0.15, 0.2) is 0 Å². The number of nitrogens with one attached hydrogen (secondary N) is 1. The van der Waals surface area contributed by atoms with Crippen LogP contribution in [0.1, 0.15) is 19.4 Å². The molecule has 1 rings (SSSR count). The first kappa shape index (κ1) is 17.6. The second kappa shape index (κ2) is 8.07. The highest BCUT2D eigenvalue weighted by atomic mass is 16.5. The fourth-order valence-corrected chi connectivity index (χ4v) is 1.66. The number of carbonyl (C=O) groups excluding carboxylic acids is 2. The maximum absolute atomic E-state index is 11.7. The summed E-state index contributed by atoms with van der Waals surface area (Å²) >= 11 is 0. The number of rotatable bonds is 6. The third-order valence-corrected chi connectivity index (χ3v) is 2.72. The van der Waals surface area contributed by atoms with Crippen LogP contribution in [-0.4, -0.2) is 32.3 Å². The van der Waals surface area contributed by atoms with Gasteiger partial charge in [0.1, 0.15) is 11.4 Å². The van der Waals surface area contributed by atoms with E-state index in [0.717, 1.165) is 11.6 Å². The largest absolute Gasteiger partial charge is 0.491 e. The molecule has 0 spiro atoms. The van der Waals surface area contributed by atoms with E-state index in [9.17, 15) is 9.59 Å². The molecule has 0 aromatic heterocycles. The van der Waals surface area contributed by atoms with Crippen molar-refractivity contribution in [3.8, 4) is 5.75 Å². The number of esters is 2. The van der Waals surface area contributed by atoms with Gasteiger partial charge >= 0.3 is 11.9 Å². The van der Waals surface area contributed by atoms with Gasteiger partial charge < -0.3 is 19.5 Å². The summed E-state index contributed by atoms with van der Waals surface area (Å²) in [6.45, 7) is 5.71. The van der Waals surface area contributed by atoms with Crippen LogP contribution in [0.25, 0.3) is 0 Å². The van der Waals surface area contributed by atoms with Crippen LogP contribution in [0.15, 0.2) is 30.0 Å². The minimum absolute atomic E-state index is 0.0147. The molecule has 0 heterocycles. The Labute approximate surface area is 130 Å². The summed E-state index contributed by atoms with van der Waals surface area (Å²) in [5.74, 6) is -0.662. The number of methoxy groups -OCH3 is 2. The molecular weight excluding hydrogens is 286 g/mol. The highest BCUT2D eigenvalue weighted by molar-refractivity contribution is 5.98. The van der Waals surface area contributed by atoms with Crippen LogP contribution >= 0.6 is 0 Å². The van der Waals surface area contributed by atoms with E-state index >= 15 is 0 Å². The summed E-state index contributed by atoms with van der Waals surface area (Å²) in [4.78, 5) is 23.1. The number of carbonyl (C=O) groups is 2. The quantitative estimate of drug-likeness (QED) is 0.642. The molecule has 6 nitrogen and oxygen atoms in total. The molecule has 0 fully saturated rings. The highest BCUT2D eigenvalue weighted by Crippen LogP contribution is 2.24. The summed E-state index contributed by atoms with van der Waals surface area (Å²) in [7, 11) is 2.47. The molecule has 0 radical (unpaired) electrons. The summed E-state index contributed by atoms with van der Waals surface area (Å²) in [6.07, 6.45) is 1.07. The smallest absolute Gasteiger partial charge is 0.354 e. The minimum atomic E-state index is -0.667. The molecule has 0 aliphatic heterocycles. The molecule has 0 bridgehead atoms. The normalized spacial score (nSPS) is 11.1. The molecule has 0 amide bonds. The number of anilines is 1. The summed E-state index contributed by atoms with van der Waals surface area (Å²) in [5.41, 5.74) is 1.51. The van der Waals surface area contributed by atoms with Gasteiger partial charge in [-0.15, -0.1) is 0 Å². The van der Waals surface area contributed by atoms with Crippen LogP contribution in [0.5, 0.6) is 5.75 Å². The van der Waals surface area contributed by atoms with E-state index in [1.165, 1.54) is 14.2 Å². The average molecular weight is 307 g/mol. The maximum Gasteiger partial charge on any atom is 0.354 e. The molecule has 1 aromatic rings. The van der Waals surface area contributed by atoms with Gasteiger partial charge in [0.2, 0.25) is 0 Å². The third-order valence-electron chi connectivity index (χ3n) is 2.72. The van der Waals surface area contributed by atoms with E-state index in [4.69, 9.17) is 4.74 Å². The van der Waals surface area contributed by atoms with Crippen LogP contribution in [-0.2, 0) is 19.1 Å². The van der Waals surface area contributed by atoms with Crippen molar-refractivity contribution in [3.05, 3.63) is 35.5 Å². The van der Waals surface area contributed by atoms with Crippen LogP contribution in [0.3, 0.4) is 0 Å². The predicted molar refractivity (Wildman–Crippen MR) is 82.7 cm³/mol. The van der Waals surface area contributed by atoms with Crippen molar-refractivity contribution >= 4 is 17.6 Å². The monoisotopic (exact) mass is 307 g/mol. The first-order valence-electron chi connectivity index (χ1n) is 6.79.